The van der Waals surface area contributed by atoms with E-state index in [0.717, 1.165) is 34.7 Å². The second-order valence-electron chi connectivity index (χ2n) is 10.0. The maximum Gasteiger partial charge on any atom is 0.254 e. The van der Waals surface area contributed by atoms with E-state index in [1.54, 1.807) is 25.5 Å². The van der Waals surface area contributed by atoms with E-state index < -0.39 is 11.9 Å². The van der Waals surface area contributed by atoms with Crippen molar-refractivity contribution in [3.8, 4) is 17.3 Å². The lowest BCUT2D eigenvalue weighted by molar-refractivity contribution is -0.123. The van der Waals surface area contributed by atoms with Crippen LogP contribution in [0.15, 0.2) is 34.9 Å². The van der Waals surface area contributed by atoms with Gasteiger partial charge in [-0.1, -0.05) is 0 Å². The minimum Gasteiger partial charge on any atom is -0.494 e. The van der Waals surface area contributed by atoms with Crippen molar-refractivity contribution in [1.29, 1.82) is 0 Å². The minimum atomic E-state index is -0.681. The van der Waals surface area contributed by atoms with Gasteiger partial charge in [0.15, 0.2) is 5.82 Å². The molecule has 2 atom stereocenters. The minimum absolute atomic E-state index is 0.200. The van der Waals surface area contributed by atoms with Crippen molar-refractivity contribution >= 4 is 33.9 Å². The second kappa shape index (κ2) is 8.41. The first-order chi connectivity index (χ1) is 17.4. The van der Waals surface area contributed by atoms with E-state index >= 15 is 0 Å². The molecule has 10 nitrogen and oxygen atoms in total. The highest BCUT2D eigenvalue weighted by Crippen LogP contribution is 2.38. The molecule has 0 bridgehead atoms. The number of furan rings is 1. The third-order valence-electron chi connectivity index (χ3n) is 7.48. The van der Waals surface area contributed by atoms with Crippen molar-refractivity contribution in [1.82, 2.24) is 19.0 Å². The molecule has 1 aliphatic carbocycles. The van der Waals surface area contributed by atoms with Crippen molar-refractivity contribution in [2.45, 2.75) is 44.3 Å². The zero-order valence-corrected chi connectivity index (χ0v) is 20.4. The average molecular weight is 491 g/mol. The van der Waals surface area contributed by atoms with Crippen LogP contribution in [0.3, 0.4) is 0 Å². The van der Waals surface area contributed by atoms with E-state index in [1.807, 2.05) is 17.7 Å². The number of imidazole rings is 1. The lowest BCUT2D eigenvalue weighted by atomic mass is 9.97. The Morgan fingerprint density at radius 3 is 2.72 bits per heavy atom. The highest BCUT2D eigenvalue weighted by Gasteiger charge is 2.35. The van der Waals surface area contributed by atoms with Crippen LogP contribution in [0.5, 0.6) is 5.75 Å². The molecule has 0 spiro atoms. The van der Waals surface area contributed by atoms with Crippen LogP contribution in [0.1, 0.15) is 36.0 Å². The predicted octanol–water partition coefficient (Wildman–Crippen LogP) is 2.62. The number of amides is 2. The van der Waals surface area contributed by atoms with Crippen LogP contribution in [-0.4, -0.2) is 56.6 Å². The van der Waals surface area contributed by atoms with Crippen LogP contribution in [-0.2, 0) is 18.4 Å². The van der Waals surface area contributed by atoms with Crippen molar-refractivity contribution < 1.29 is 18.7 Å². The van der Waals surface area contributed by atoms with Gasteiger partial charge < -0.3 is 34.7 Å². The highest BCUT2D eigenvalue weighted by molar-refractivity contribution is 6.02. The molecule has 1 saturated carbocycles. The van der Waals surface area contributed by atoms with Crippen molar-refractivity contribution in [3.05, 3.63) is 36.1 Å². The molecule has 3 aromatic heterocycles. The monoisotopic (exact) mass is 490 g/mol. The third kappa shape index (κ3) is 3.63. The van der Waals surface area contributed by atoms with E-state index in [2.05, 4.69) is 10.6 Å². The van der Waals surface area contributed by atoms with Crippen molar-refractivity contribution in [2.24, 2.45) is 24.4 Å². The van der Waals surface area contributed by atoms with Crippen molar-refractivity contribution in [2.75, 3.05) is 13.7 Å². The Morgan fingerprint density at radius 1 is 1.19 bits per heavy atom. The van der Waals surface area contributed by atoms with Gasteiger partial charge in [-0.25, -0.2) is 4.98 Å². The van der Waals surface area contributed by atoms with Gasteiger partial charge in [0, 0.05) is 37.1 Å². The summed E-state index contributed by atoms with van der Waals surface area (Å²) in [5, 5.41) is 1.03. The van der Waals surface area contributed by atoms with Gasteiger partial charge in [-0.15, -0.1) is 0 Å². The number of carbonyl (C=O) groups excluding carboxylic acids is 2. The number of benzene rings is 1. The number of aryl methyl sites for hydroxylation is 1. The molecule has 0 unspecified atom stereocenters. The largest absolute Gasteiger partial charge is 0.494 e. The summed E-state index contributed by atoms with van der Waals surface area (Å²) in [7, 11) is 3.51. The molecule has 188 valence electrons. The van der Waals surface area contributed by atoms with E-state index in [0.29, 0.717) is 35.6 Å². The fourth-order valence-electron chi connectivity index (χ4n) is 5.40. The Morgan fingerprint density at radius 2 is 2.00 bits per heavy atom. The number of likely N-dealkylation sites (tertiary alicyclic amines) is 1. The quantitative estimate of drug-likeness (QED) is 0.427. The molecule has 4 aromatic rings. The van der Waals surface area contributed by atoms with Crippen LogP contribution in [0.4, 0.5) is 0 Å². The van der Waals surface area contributed by atoms with E-state index in [-0.39, 0.29) is 18.5 Å². The van der Waals surface area contributed by atoms with Crippen LogP contribution in [0, 0.1) is 5.92 Å². The fraction of sp³-hybridized carbons (Fsp3) is 0.423. The Labute approximate surface area is 207 Å². The molecule has 2 amide bonds. The molecule has 6 rings (SSSR count). The predicted molar refractivity (Wildman–Crippen MR) is 134 cm³/mol. The number of piperidine rings is 1. The molecular weight excluding hydrogens is 460 g/mol. The summed E-state index contributed by atoms with van der Waals surface area (Å²) in [5.74, 6) is 1.10. The van der Waals surface area contributed by atoms with Crippen LogP contribution >= 0.6 is 0 Å². The number of methoxy groups -OCH3 is 1. The Balaban J connectivity index is 1.45. The average Bonchev–Trinajstić information content (AvgIpc) is 3.31. The van der Waals surface area contributed by atoms with E-state index in [1.165, 1.54) is 17.7 Å². The molecule has 36 heavy (non-hydrogen) atoms. The first-order valence-electron chi connectivity index (χ1n) is 12.3. The topological polar surface area (TPSA) is 135 Å². The number of nitrogens with zero attached hydrogens (tertiary/aromatic N) is 4. The highest BCUT2D eigenvalue weighted by atomic mass is 16.5. The summed E-state index contributed by atoms with van der Waals surface area (Å²) in [6.07, 6.45) is 5.24. The third-order valence-corrected chi connectivity index (χ3v) is 7.48. The summed E-state index contributed by atoms with van der Waals surface area (Å²) >= 11 is 0. The second-order valence-corrected chi connectivity index (χ2v) is 10.0. The van der Waals surface area contributed by atoms with Crippen molar-refractivity contribution in [3.63, 3.8) is 0 Å². The van der Waals surface area contributed by atoms with E-state index in [4.69, 9.17) is 25.6 Å². The molecule has 1 aromatic carbocycles. The zero-order chi connectivity index (χ0) is 25.1. The van der Waals surface area contributed by atoms with Crippen LogP contribution in [0.2, 0.25) is 0 Å². The Kier molecular flexibility index (Phi) is 5.29. The van der Waals surface area contributed by atoms with Gasteiger partial charge in [-0.3, -0.25) is 9.59 Å². The number of nitrogens with two attached hydrogens (primary N) is 2. The number of fused-ring (bicyclic) bond motifs is 2. The molecule has 0 radical (unpaired) electrons. The number of carbonyl (C=O) groups is 2. The molecule has 10 heteroatoms. The lowest BCUT2D eigenvalue weighted by Gasteiger charge is -2.36. The number of hydrogen-bond donors (Lipinski definition) is 2. The van der Waals surface area contributed by atoms with Gasteiger partial charge in [0.25, 0.3) is 5.91 Å². The first kappa shape index (κ1) is 22.7. The van der Waals surface area contributed by atoms with Gasteiger partial charge in [0.1, 0.15) is 17.3 Å². The van der Waals surface area contributed by atoms with Gasteiger partial charge in [-0.2, -0.15) is 0 Å². The smallest absolute Gasteiger partial charge is 0.254 e. The maximum atomic E-state index is 13.6. The van der Waals surface area contributed by atoms with Gasteiger partial charge in [0.2, 0.25) is 11.6 Å². The first-order valence-corrected chi connectivity index (χ1v) is 12.3. The number of aromatic nitrogens is 3. The molecular formula is C26H30N6O4. The summed E-state index contributed by atoms with van der Waals surface area (Å²) in [6.45, 7) is 1.15. The number of hydrogen-bond acceptors (Lipinski definition) is 6. The van der Waals surface area contributed by atoms with Gasteiger partial charge in [-0.05, 0) is 55.9 Å². The van der Waals surface area contributed by atoms with E-state index in [9.17, 15) is 9.59 Å². The maximum absolute atomic E-state index is 13.6. The van der Waals surface area contributed by atoms with Crippen LogP contribution < -0.4 is 16.2 Å². The molecule has 1 saturated heterocycles. The summed E-state index contributed by atoms with van der Waals surface area (Å²) in [6, 6.07) is 6.62. The summed E-state index contributed by atoms with van der Waals surface area (Å²) in [4.78, 5) is 32.0. The Bertz CT molecular complexity index is 1490. The summed E-state index contributed by atoms with van der Waals surface area (Å²) in [5.41, 5.74) is 15.3. The number of ether oxygens (including phenoxy) is 1. The molecule has 4 N–H and O–H groups in total. The number of primary amides is 1. The van der Waals surface area contributed by atoms with Gasteiger partial charge >= 0.3 is 0 Å². The summed E-state index contributed by atoms with van der Waals surface area (Å²) < 4.78 is 15.7. The molecule has 2 aliphatic rings. The van der Waals surface area contributed by atoms with Gasteiger partial charge in [0.05, 0.1) is 24.6 Å². The number of rotatable bonds is 6. The Hall–Kier alpha value is -3.79. The van der Waals surface area contributed by atoms with Crippen LogP contribution in [0.25, 0.3) is 33.7 Å². The fourth-order valence-corrected chi connectivity index (χ4v) is 5.40. The molecule has 1 aliphatic heterocycles. The SMILES string of the molecule is COc1cc(C(=O)N2C[C@H](N)CC[C@@H]2C(N)=O)cc2nc(-c3cc4ccoc4n3CC3CC3)n(C)c12. The zero-order valence-electron chi connectivity index (χ0n) is 20.4. The molecule has 4 heterocycles. The molecule has 2 fully saturated rings. The normalized spacial score (nSPS) is 20.4. The lowest BCUT2D eigenvalue weighted by Crippen LogP contribution is -2.55. The standard InChI is InChI=1S/C26H30N6O4/c1-30-22-18(29-24(30)20-10-15-7-8-36-26(15)32(20)12-14-3-4-14)9-16(11-21(22)35-2)25(34)31-13-17(27)5-6-19(31)23(28)33/h7-11,14,17,19H,3-6,12-13,27H2,1-2H3,(H2,28,33)/t17-,19-/m1/s1.